The molecule has 3 heteroatoms. The van der Waals surface area contributed by atoms with Crippen LogP contribution in [-0.2, 0) is 11.3 Å². The van der Waals surface area contributed by atoms with E-state index in [0.717, 1.165) is 32.5 Å². The van der Waals surface area contributed by atoms with Gasteiger partial charge in [-0.15, -0.1) is 0 Å². The lowest BCUT2D eigenvalue weighted by molar-refractivity contribution is 0.0819. The van der Waals surface area contributed by atoms with Gasteiger partial charge in [0.25, 0.3) is 0 Å². The molecular weight excluding hydrogens is 260 g/mol. The second kappa shape index (κ2) is 7.28. The van der Waals surface area contributed by atoms with E-state index in [1.807, 2.05) is 7.11 Å². The summed E-state index contributed by atoms with van der Waals surface area (Å²) in [6, 6.07) is 9.22. The summed E-state index contributed by atoms with van der Waals surface area (Å²) in [5, 5.41) is 0. The van der Waals surface area contributed by atoms with E-state index < -0.39 is 0 Å². The lowest BCUT2D eigenvalue weighted by Gasteiger charge is -2.33. The zero-order valence-corrected chi connectivity index (χ0v) is 13.3. The molecule has 116 valence electrons. The van der Waals surface area contributed by atoms with Crippen molar-refractivity contribution in [3.05, 3.63) is 29.8 Å². The smallest absolute Gasteiger partial charge is 0.0605 e. The highest BCUT2D eigenvalue weighted by atomic mass is 16.5. The van der Waals surface area contributed by atoms with Crippen molar-refractivity contribution in [2.45, 2.75) is 44.8 Å². The molecule has 0 aromatic heterocycles. The topological polar surface area (TPSA) is 15.7 Å². The van der Waals surface area contributed by atoms with Crippen molar-refractivity contribution in [1.29, 1.82) is 0 Å². The zero-order chi connectivity index (χ0) is 14.5. The Bertz CT molecular complexity index is 417. The molecule has 2 heterocycles. The Morgan fingerprint density at radius 3 is 2.24 bits per heavy atom. The second-order valence-corrected chi connectivity index (χ2v) is 6.43. The molecule has 0 N–H and O–H groups in total. The van der Waals surface area contributed by atoms with Crippen molar-refractivity contribution in [3.63, 3.8) is 0 Å². The summed E-state index contributed by atoms with van der Waals surface area (Å²) in [7, 11) is 1.83. The quantitative estimate of drug-likeness (QED) is 0.845. The van der Waals surface area contributed by atoms with Crippen molar-refractivity contribution in [1.82, 2.24) is 4.90 Å². The van der Waals surface area contributed by atoms with Gasteiger partial charge in [0.05, 0.1) is 6.10 Å². The fraction of sp³-hybridized carbons (Fsp3) is 0.667. The van der Waals surface area contributed by atoms with Gasteiger partial charge in [0, 0.05) is 32.4 Å². The number of hydrogen-bond acceptors (Lipinski definition) is 3. The number of methoxy groups -OCH3 is 1. The Morgan fingerprint density at radius 2 is 1.62 bits per heavy atom. The average Bonchev–Trinajstić information content (AvgIpc) is 2.57. The summed E-state index contributed by atoms with van der Waals surface area (Å²) in [5.74, 6) is 0. The summed E-state index contributed by atoms with van der Waals surface area (Å²) in [5.41, 5.74) is 2.82. The van der Waals surface area contributed by atoms with Gasteiger partial charge >= 0.3 is 0 Å². The van der Waals surface area contributed by atoms with Crippen LogP contribution in [0.5, 0.6) is 0 Å². The molecule has 0 aliphatic carbocycles. The lowest BCUT2D eigenvalue weighted by Crippen LogP contribution is -2.36. The van der Waals surface area contributed by atoms with Crippen LogP contribution >= 0.6 is 0 Å². The minimum atomic E-state index is 0.458. The Balaban J connectivity index is 1.54. The van der Waals surface area contributed by atoms with Gasteiger partial charge in [0.15, 0.2) is 0 Å². The highest BCUT2D eigenvalue weighted by Crippen LogP contribution is 2.22. The van der Waals surface area contributed by atoms with Crippen molar-refractivity contribution < 1.29 is 4.74 Å². The molecule has 0 spiro atoms. The van der Waals surface area contributed by atoms with Crippen molar-refractivity contribution >= 4 is 5.69 Å². The van der Waals surface area contributed by atoms with Gasteiger partial charge in [0.2, 0.25) is 0 Å². The number of rotatable bonds is 4. The summed E-state index contributed by atoms with van der Waals surface area (Å²) in [4.78, 5) is 5.07. The first-order valence-electron chi connectivity index (χ1n) is 8.44. The van der Waals surface area contributed by atoms with E-state index in [-0.39, 0.29) is 0 Å². The predicted molar refractivity (Wildman–Crippen MR) is 87.8 cm³/mol. The fourth-order valence-corrected chi connectivity index (χ4v) is 3.54. The SMILES string of the molecule is COC1CCN(c2ccc(CN3CCCCC3)cc2)CC1. The van der Waals surface area contributed by atoms with Gasteiger partial charge in [-0.2, -0.15) is 0 Å². The maximum absolute atomic E-state index is 5.45. The monoisotopic (exact) mass is 288 g/mol. The fourth-order valence-electron chi connectivity index (χ4n) is 3.54. The van der Waals surface area contributed by atoms with Crippen molar-refractivity contribution in [2.24, 2.45) is 0 Å². The number of ether oxygens (including phenoxy) is 1. The third-order valence-electron chi connectivity index (χ3n) is 4.93. The van der Waals surface area contributed by atoms with Gasteiger partial charge in [-0.05, 0) is 56.5 Å². The van der Waals surface area contributed by atoms with E-state index in [2.05, 4.69) is 34.1 Å². The van der Waals surface area contributed by atoms with E-state index in [1.54, 1.807) is 0 Å². The maximum atomic E-state index is 5.45. The molecule has 0 bridgehead atoms. The molecule has 0 unspecified atom stereocenters. The summed E-state index contributed by atoms with van der Waals surface area (Å²) >= 11 is 0. The number of anilines is 1. The van der Waals surface area contributed by atoms with Crippen molar-refractivity contribution in [2.75, 3.05) is 38.2 Å². The van der Waals surface area contributed by atoms with Gasteiger partial charge in [-0.25, -0.2) is 0 Å². The van der Waals surface area contributed by atoms with Crippen LogP contribution in [0.25, 0.3) is 0 Å². The molecule has 2 aliphatic rings. The van der Waals surface area contributed by atoms with Gasteiger partial charge < -0.3 is 9.64 Å². The average molecular weight is 288 g/mol. The molecule has 3 rings (SSSR count). The highest BCUT2D eigenvalue weighted by molar-refractivity contribution is 5.48. The molecule has 1 aromatic rings. The third kappa shape index (κ3) is 3.98. The Morgan fingerprint density at radius 1 is 0.952 bits per heavy atom. The Kier molecular flexibility index (Phi) is 5.15. The lowest BCUT2D eigenvalue weighted by atomic mass is 10.1. The molecule has 21 heavy (non-hydrogen) atoms. The normalized spacial score (nSPS) is 21.7. The number of nitrogens with zero attached hydrogens (tertiary/aromatic N) is 2. The minimum Gasteiger partial charge on any atom is -0.381 e. The van der Waals surface area contributed by atoms with Crippen LogP contribution in [0.15, 0.2) is 24.3 Å². The Labute approximate surface area is 128 Å². The molecule has 3 nitrogen and oxygen atoms in total. The van der Waals surface area contributed by atoms with Crippen LogP contribution in [0.4, 0.5) is 5.69 Å². The van der Waals surface area contributed by atoms with Gasteiger partial charge in [-0.3, -0.25) is 4.90 Å². The first-order valence-corrected chi connectivity index (χ1v) is 8.44. The van der Waals surface area contributed by atoms with E-state index >= 15 is 0 Å². The summed E-state index contributed by atoms with van der Waals surface area (Å²) in [6.45, 7) is 5.89. The van der Waals surface area contributed by atoms with Crippen LogP contribution in [0.2, 0.25) is 0 Å². The molecule has 2 aliphatic heterocycles. The molecule has 2 saturated heterocycles. The first-order chi connectivity index (χ1) is 10.3. The van der Waals surface area contributed by atoms with Crippen LogP contribution in [-0.4, -0.2) is 44.3 Å². The number of likely N-dealkylation sites (tertiary alicyclic amines) is 1. The number of piperidine rings is 2. The van der Waals surface area contributed by atoms with Crippen LogP contribution in [0, 0.1) is 0 Å². The first kappa shape index (κ1) is 14.9. The number of benzene rings is 1. The number of hydrogen-bond donors (Lipinski definition) is 0. The van der Waals surface area contributed by atoms with E-state index in [1.165, 1.54) is 43.6 Å². The third-order valence-corrected chi connectivity index (χ3v) is 4.93. The maximum Gasteiger partial charge on any atom is 0.0605 e. The minimum absolute atomic E-state index is 0.458. The van der Waals surface area contributed by atoms with E-state index in [0.29, 0.717) is 6.10 Å². The van der Waals surface area contributed by atoms with Crippen molar-refractivity contribution in [3.8, 4) is 0 Å². The standard InChI is InChI=1S/C18H28N2O/c1-21-18-9-13-20(14-10-18)17-7-5-16(6-8-17)15-19-11-3-2-4-12-19/h5-8,18H,2-4,9-15H2,1H3. The predicted octanol–water partition coefficient (Wildman–Crippen LogP) is 3.29. The summed E-state index contributed by atoms with van der Waals surface area (Å²) in [6.07, 6.45) is 6.89. The molecular formula is C18H28N2O. The largest absolute Gasteiger partial charge is 0.381 e. The van der Waals surface area contributed by atoms with Gasteiger partial charge in [0.1, 0.15) is 0 Å². The van der Waals surface area contributed by atoms with E-state index in [9.17, 15) is 0 Å². The second-order valence-electron chi connectivity index (χ2n) is 6.43. The Hall–Kier alpha value is -1.06. The van der Waals surface area contributed by atoms with Crippen LogP contribution in [0.3, 0.4) is 0 Å². The van der Waals surface area contributed by atoms with E-state index in [4.69, 9.17) is 4.74 Å². The molecule has 0 radical (unpaired) electrons. The molecule has 0 atom stereocenters. The molecule has 1 aromatic carbocycles. The van der Waals surface area contributed by atoms with Crippen LogP contribution in [0.1, 0.15) is 37.7 Å². The summed E-state index contributed by atoms with van der Waals surface area (Å²) < 4.78 is 5.45. The molecule has 2 fully saturated rings. The molecule has 0 saturated carbocycles. The zero-order valence-electron chi connectivity index (χ0n) is 13.3. The molecule has 0 amide bonds. The highest BCUT2D eigenvalue weighted by Gasteiger charge is 2.18. The van der Waals surface area contributed by atoms with Gasteiger partial charge in [-0.1, -0.05) is 18.6 Å². The van der Waals surface area contributed by atoms with Crippen LogP contribution < -0.4 is 4.90 Å².